The van der Waals surface area contributed by atoms with Crippen LogP contribution in [0.25, 0.3) is 0 Å². The smallest absolute Gasteiger partial charge is 0.333 e. The predicted octanol–water partition coefficient (Wildman–Crippen LogP) is 6.51. The molecule has 0 aliphatic heterocycles. The molecular weight excluding hydrogens is 460 g/mol. The minimum atomic E-state index is -0.927. The molecule has 0 fully saturated rings. The van der Waals surface area contributed by atoms with Crippen molar-refractivity contribution in [1.82, 2.24) is 0 Å². The lowest BCUT2D eigenvalue weighted by atomic mass is 9.92. The second-order valence-electron chi connectivity index (χ2n) is 9.70. The Morgan fingerprint density at radius 2 is 1.33 bits per heavy atom. The highest BCUT2D eigenvalue weighted by molar-refractivity contribution is 5.99. The fraction of sp³-hybridized carbons (Fsp3) is 0.793. The number of Topliss-reactive ketones (excluding diaryl/α,β-unsaturated/α-hetero) is 1. The van der Waals surface area contributed by atoms with Crippen molar-refractivity contribution in [3.63, 3.8) is 0 Å². The molecule has 3 atom stereocenters. The molecule has 0 aliphatic rings. The topological polar surface area (TPSA) is 96.0 Å². The molecule has 0 radical (unpaired) electrons. The summed E-state index contributed by atoms with van der Waals surface area (Å²) in [7, 11) is 0. The molecule has 0 N–H and O–H groups in total. The average molecular weight is 511 g/mol. The van der Waals surface area contributed by atoms with Crippen molar-refractivity contribution >= 4 is 23.7 Å². The van der Waals surface area contributed by atoms with Crippen LogP contribution in [-0.2, 0) is 33.4 Å². The third-order valence-electron chi connectivity index (χ3n) is 6.34. The Morgan fingerprint density at radius 3 is 1.89 bits per heavy atom. The summed E-state index contributed by atoms with van der Waals surface area (Å²) in [5, 5.41) is 0. The summed E-state index contributed by atoms with van der Waals surface area (Å²) in [5.41, 5.74) is 0.427. The summed E-state index contributed by atoms with van der Waals surface area (Å²) in [6.07, 6.45) is 12.8. The Bertz CT molecular complexity index is 683. The quantitative estimate of drug-likeness (QED) is 0.0570. The van der Waals surface area contributed by atoms with Crippen molar-refractivity contribution in [2.75, 3.05) is 13.2 Å². The Balaban J connectivity index is 4.67. The Labute approximate surface area is 218 Å². The average Bonchev–Trinajstić information content (AvgIpc) is 2.87. The molecule has 208 valence electrons. The molecule has 0 heterocycles. The van der Waals surface area contributed by atoms with Gasteiger partial charge in [0.25, 0.3) is 0 Å². The van der Waals surface area contributed by atoms with E-state index in [1.807, 2.05) is 6.92 Å². The van der Waals surface area contributed by atoms with Gasteiger partial charge in [-0.25, -0.2) is 4.79 Å². The predicted molar refractivity (Wildman–Crippen MR) is 141 cm³/mol. The van der Waals surface area contributed by atoms with E-state index >= 15 is 0 Å². The zero-order valence-corrected chi connectivity index (χ0v) is 23.6. The molecule has 0 spiro atoms. The van der Waals surface area contributed by atoms with Gasteiger partial charge in [-0.15, -0.1) is 0 Å². The molecular formula is C29H50O7. The van der Waals surface area contributed by atoms with Crippen LogP contribution in [0.4, 0.5) is 0 Å². The SMILES string of the molecule is C/C=C(/C)C(=O)OC[C@H](COC(=O)C(C)C(=O)C(C)CCC)OC(=O)CCCCCCCCCCC. The number of esters is 3. The molecule has 0 aromatic heterocycles. The Morgan fingerprint density at radius 1 is 0.778 bits per heavy atom. The highest BCUT2D eigenvalue weighted by Gasteiger charge is 2.28. The van der Waals surface area contributed by atoms with Crippen molar-refractivity contribution in [3.8, 4) is 0 Å². The van der Waals surface area contributed by atoms with E-state index in [4.69, 9.17) is 14.2 Å². The molecule has 0 saturated carbocycles. The second kappa shape index (κ2) is 21.0. The minimum Gasteiger partial charge on any atom is -0.461 e. The van der Waals surface area contributed by atoms with E-state index in [1.165, 1.54) is 45.4 Å². The molecule has 0 aromatic rings. The number of carbonyl (C=O) groups is 4. The molecule has 0 amide bonds. The fourth-order valence-electron chi connectivity index (χ4n) is 3.76. The lowest BCUT2D eigenvalue weighted by molar-refractivity contribution is -0.168. The van der Waals surface area contributed by atoms with E-state index in [1.54, 1.807) is 26.8 Å². The van der Waals surface area contributed by atoms with Crippen LogP contribution in [0.3, 0.4) is 0 Å². The first kappa shape index (κ1) is 33.8. The number of carbonyl (C=O) groups excluding carboxylic acids is 4. The standard InChI is InChI=1S/C29H50O7/c1-7-10-11-12-13-14-15-16-17-19-26(30)36-25(20-34-28(32)22(4)9-3)21-35-29(33)24(6)27(31)23(5)18-8-2/h9,23-25H,7-8,10-21H2,1-6H3/b22-9-/t23?,24?,25-/m1/s1. The van der Waals surface area contributed by atoms with Crippen molar-refractivity contribution < 1.29 is 33.4 Å². The van der Waals surface area contributed by atoms with E-state index in [-0.39, 0.29) is 31.3 Å². The lowest BCUT2D eigenvalue weighted by Crippen LogP contribution is -2.34. The van der Waals surface area contributed by atoms with Gasteiger partial charge in [-0.3, -0.25) is 14.4 Å². The lowest BCUT2D eigenvalue weighted by Gasteiger charge is -2.20. The van der Waals surface area contributed by atoms with Gasteiger partial charge >= 0.3 is 17.9 Å². The molecule has 0 aliphatic carbocycles. The van der Waals surface area contributed by atoms with Crippen LogP contribution in [0.15, 0.2) is 11.6 Å². The van der Waals surface area contributed by atoms with Crippen LogP contribution in [0.5, 0.6) is 0 Å². The van der Waals surface area contributed by atoms with Crippen molar-refractivity contribution in [2.24, 2.45) is 11.8 Å². The first-order valence-electron chi connectivity index (χ1n) is 13.9. The molecule has 36 heavy (non-hydrogen) atoms. The van der Waals surface area contributed by atoms with Gasteiger partial charge in [-0.2, -0.15) is 0 Å². The molecule has 7 heteroatoms. The first-order valence-corrected chi connectivity index (χ1v) is 13.9. The first-order chi connectivity index (χ1) is 17.2. The molecule has 2 unspecified atom stereocenters. The van der Waals surface area contributed by atoms with Crippen molar-refractivity contribution in [3.05, 3.63) is 11.6 Å². The van der Waals surface area contributed by atoms with Gasteiger partial charge in [-0.05, 0) is 33.6 Å². The van der Waals surface area contributed by atoms with Crippen molar-refractivity contribution in [1.29, 1.82) is 0 Å². The van der Waals surface area contributed by atoms with Gasteiger partial charge in [0.1, 0.15) is 24.9 Å². The molecule has 0 saturated heterocycles. The largest absolute Gasteiger partial charge is 0.461 e. The van der Waals surface area contributed by atoms with E-state index in [0.29, 0.717) is 12.0 Å². The summed E-state index contributed by atoms with van der Waals surface area (Å²) in [5.74, 6) is -2.92. The highest BCUT2D eigenvalue weighted by Crippen LogP contribution is 2.15. The van der Waals surface area contributed by atoms with Gasteiger partial charge in [-0.1, -0.05) is 84.6 Å². The summed E-state index contributed by atoms with van der Waals surface area (Å²) in [6, 6.07) is 0. The summed E-state index contributed by atoms with van der Waals surface area (Å²) in [6.45, 7) is 10.4. The number of hydrogen-bond acceptors (Lipinski definition) is 7. The van der Waals surface area contributed by atoms with E-state index in [0.717, 1.165) is 25.7 Å². The maximum absolute atomic E-state index is 12.4. The fourth-order valence-corrected chi connectivity index (χ4v) is 3.76. The Hall–Kier alpha value is -2.18. The van der Waals surface area contributed by atoms with E-state index in [9.17, 15) is 19.2 Å². The van der Waals surface area contributed by atoms with Crippen LogP contribution in [-0.4, -0.2) is 43.0 Å². The normalized spacial score (nSPS) is 14.0. The summed E-state index contributed by atoms with van der Waals surface area (Å²) < 4.78 is 16.0. The van der Waals surface area contributed by atoms with Crippen LogP contribution in [0.2, 0.25) is 0 Å². The van der Waals surface area contributed by atoms with Gasteiger partial charge < -0.3 is 14.2 Å². The number of rotatable bonds is 21. The van der Waals surface area contributed by atoms with Gasteiger partial charge in [0, 0.05) is 17.9 Å². The number of hydrogen-bond donors (Lipinski definition) is 0. The molecule has 0 bridgehead atoms. The Kier molecular flexibility index (Phi) is 19.7. The maximum Gasteiger partial charge on any atom is 0.333 e. The van der Waals surface area contributed by atoms with Crippen LogP contribution in [0, 0.1) is 11.8 Å². The number of ether oxygens (including phenoxy) is 3. The zero-order chi connectivity index (χ0) is 27.3. The van der Waals surface area contributed by atoms with Crippen LogP contribution < -0.4 is 0 Å². The summed E-state index contributed by atoms with van der Waals surface area (Å²) >= 11 is 0. The van der Waals surface area contributed by atoms with Crippen LogP contribution in [0.1, 0.15) is 119 Å². The highest BCUT2D eigenvalue weighted by atomic mass is 16.6. The second-order valence-corrected chi connectivity index (χ2v) is 9.70. The number of unbranched alkanes of at least 4 members (excludes halogenated alkanes) is 8. The number of allylic oxidation sites excluding steroid dienone is 1. The molecule has 7 nitrogen and oxygen atoms in total. The molecule has 0 aromatic carbocycles. The van der Waals surface area contributed by atoms with Crippen LogP contribution >= 0.6 is 0 Å². The van der Waals surface area contributed by atoms with E-state index < -0.39 is 29.9 Å². The van der Waals surface area contributed by atoms with E-state index in [2.05, 4.69) is 6.92 Å². The minimum absolute atomic E-state index is 0.170. The van der Waals surface area contributed by atoms with Gasteiger partial charge in [0.15, 0.2) is 6.10 Å². The monoisotopic (exact) mass is 510 g/mol. The zero-order valence-electron chi connectivity index (χ0n) is 23.6. The van der Waals surface area contributed by atoms with Gasteiger partial charge in [0.2, 0.25) is 0 Å². The maximum atomic E-state index is 12.4. The third-order valence-corrected chi connectivity index (χ3v) is 6.34. The molecule has 0 rings (SSSR count). The van der Waals surface area contributed by atoms with Gasteiger partial charge in [0.05, 0.1) is 0 Å². The third kappa shape index (κ3) is 15.7. The summed E-state index contributed by atoms with van der Waals surface area (Å²) in [4.78, 5) is 49.2. The van der Waals surface area contributed by atoms with Crippen molar-refractivity contribution in [2.45, 2.75) is 125 Å². The number of ketones is 1.